The summed E-state index contributed by atoms with van der Waals surface area (Å²) in [6.45, 7) is 3.19. The summed E-state index contributed by atoms with van der Waals surface area (Å²) in [7, 11) is 1.62. The Morgan fingerprint density at radius 1 is 1.29 bits per heavy atom. The van der Waals surface area contributed by atoms with Crippen LogP contribution in [0.3, 0.4) is 0 Å². The summed E-state index contributed by atoms with van der Waals surface area (Å²) < 4.78 is 16.8. The van der Waals surface area contributed by atoms with Gasteiger partial charge in [0, 0.05) is 30.1 Å². The number of aromatic nitrogens is 2. The Morgan fingerprint density at radius 3 is 2.88 bits per heavy atom. The monoisotopic (exact) mass is 330 g/mol. The van der Waals surface area contributed by atoms with E-state index in [1.807, 2.05) is 31.2 Å². The lowest BCUT2D eigenvalue weighted by atomic mass is 10.2. The number of nitrogens with zero attached hydrogens (tertiary/aromatic N) is 2. The molecule has 2 aromatic rings. The summed E-state index contributed by atoms with van der Waals surface area (Å²) in [5.74, 6) is 2.21. The number of hydrogen-bond donors (Lipinski definition) is 2. The predicted molar refractivity (Wildman–Crippen MR) is 91.9 cm³/mol. The van der Waals surface area contributed by atoms with E-state index in [4.69, 9.17) is 19.9 Å². The SMILES string of the molecule is COc1ccc(Nc2cc(C)nc(N)n2)cc1OC[C@H]1CCCO1. The van der Waals surface area contributed by atoms with Crippen LogP contribution in [-0.2, 0) is 4.74 Å². The van der Waals surface area contributed by atoms with Crippen molar-refractivity contribution in [1.82, 2.24) is 9.97 Å². The van der Waals surface area contributed by atoms with Crippen molar-refractivity contribution >= 4 is 17.5 Å². The lowest BCUT2D eigenvalue weighted by Crippen LogP contribution is -2.16. The number of rotatable bonds is 6. The summed E-state index contributed by atoms with van der Waals surface area (Å²) in [5, 5.41) is 3.21. The molecule has 1 fully saturated rings. The molecule has 0 amide bonds. The maximum Gasteiger partial charge on any atom is 0.222 e. The van der Waals surface area contributed by atoms with Crippen molar-refractivity contribution in [2.75, 3.05) is 31.4 Å². The van der Waals surface area contributed by atoms with E-state index < -0.39 is 0 Å². The quantitative estimate of drug-likeness (QED) is 0.841. The number of nitrogens with one attached hydrogen (secondary N) is 1. The van der Waals surface area contributed by atoms with E-state index in [1.54, 1.807) is 7.11 Å². The molecule has 1 aromatic carbocycles. The zero-order valence-corrected chi connectivity index (χ0v) is 13.9. The maximum atomic E-state index is 5.89. The van der Waals surface area contributed by atoms with Crippen molar-refractivity contribution in [2.45, 2.75) is 25.9 Å². The Bertz CT molecular complexity index is 682. The number of methoxy groups -OCH3 is 1. The minimum absolute atomic E-state index is 0.149. The fourth-order valence-electron chi connectivity index (χ4n) is 2.63. The Balaban J connectivity index is 1.74. The van der Waals surface area contributed by atoms with Gasteiger partial charge in [-0.15, -0.1) is 0 Å². The molecule has 2 heterocycles. The van der Waals surface area contributed by atoms with Gasteiger partial charge in [0.1, 0.15) is 12.4 Å². The molecule has 7 heteroatoms. The molecule has 1 atom stereocenters. The van der Waals surface area contributed by atoms with Crippen molar-refractivity contribution in [3.8, 4) is 11.5 Å². The lowest BCUT2D eigenvalue weighted by molar-refractivity contribution is 0.0670. The molecule has 3 rings (SSSR count). The van der Waals surface area contributed by atoms with E-state index in [-0.39, 0.29) is 12.1 Å². The molecule has 1 aliphatic rings. The first-order chi connectivity index (χ1) is 11.6. The summed E-state index contributed by atoms with van der Waals surface area (Å²) in [4.78, 5) is 8.24. The fraction of sp³-hybridized carbons (Fsp3) is 0.412. The Kier molecular flexibility index (Phi) is 5.00. The highest BCUT2D eigenvalue weighted by Crippen LogP contribution is 2.32. The van der Waals surface area contributed by atoms with Gasteiger partial charge in [-0.2, -0.15) is 4.98 Å². The molecule has 0 spiro atoms. The van der Waals surface area contributed by atoms with Crippen LogP contribution in [0.1, 0.15) is 18.5 Å². The van der Waals surface area contributed by atoms with E-state index in [0.29, 0.717) is 23.9 Å². The molecule has 1 aliphatic heterocycles. The largest absolute Gasteiger partial charge is 0.493 e. The molecule has 3 N–H and O–H groups in total. The number of benzene rings is 1. The van der Waals surface area contributed by atoms with Crippen molar-refractivity contribution in [1.29, 1.82) is 0 Å². The van der Waals surface area contributed by atoms with Crippen LogP contribution in [0.4, 0.5) is 17.5 Å². The highest BCUT2D eigenvalue weighted by molar-refractivity contribution is 5.62. The van der Waals surface area contributed by atoms with Crippen molar-refractivity contribution in [2.24, 2.45) is 0 Å². The molecule has 7 nitrogen and oxygen atoms in total. The summed E-state index contributed by atoms with van der Waals surface area (Å²) in [6.07, 6.45) is 2.26. The van der Waals surface area contributed by atoms with E-state index in [0.717, 1.165) is 30.8 Å². The van der Waals surface area contributed by atoms with Crippen LogP contribution in [0.5, 0.6) is 11.5 Å². The molecule has 1 saturated heterocycles. The van der Waals surface area contributed by atoms with Gasteiger partial charge in [-0.3, -0.25) is 0 Å². The van der Waals surface area contributed by atoms with E-state index in [2.05, 4.69) is 15.3 Å². The standard InChI is InChI=1S/C17H22N4O3/c1-11-8-16(21-17(18)19-11)20-12-5-6-14(22-2)15(9-12)24-10-13-4-3-7-23-13/h5-6,8-9,13H,3-4,7,10H2,1-2H3,(H3,18,19,20,21)/t13-/m1/s1. The molecule has 0 aliphatic carbocycles. The summed E-state index contributed by atoms with van der Waals surface area (Å²) in [5.41, 5.74) is 7.31. The van der Waals surface area contributed by atoms with Gasteiger partial charge in [0.15, 0.2) is 11.5 Å². The first kappa shape index (κ1) is 16.3. The Morgan fingerprint density at radius 2 is 2.17 bits per heavy atom. The number of ether oxygens (including phenoxy) is 3. The molecule has 1 aromatic heterocycles. The average molecular weight is 330 g/mol. The average Bonchev–Trinajstić information content (AvgIpc) is 3.05. The molecule has 128 valence electrons. The summed E-state index contributed by atoms with van der Waals surface area (Å²) in [6, 6.07) is 7.45. The molecule has 24 heavy (non-hydrogen) atoms. The van der Waals surface area contributed by atoms with Crippen LogP contribution in [-0.4, -0.2) is 36.4 Å². The predicted octanol–water partition coefficient (Wildman–Crippen LogP) is 2.68. The van der Waals surface area contributed by atoms with E-state index in [1.165, 1.54) is 0 Å². The second-order valence-electron chi connectivity index (χ2n) is 5.69. The van der Waals surface area contributed by atoms with Gasteiger partial charge in [0.25, 0.3) is 0 Å². The minimum atomic E-state index is 0.149. The van der Waals surface area contributed by atoms with Gasteiger partial charge >= 0.3 is 0 Å². The van der Waals surface area contributed by atoms with Gasteiger partial charge in [-0.1, -0.05) is 0 Å². The van der Waals surface area contributed by atoms with Crippen LogP contribution in [0.25, 0.3) is 0 Å². The van der Waals surface area contributed by atoms with Crippen LogP contribution in [0, 0.1) is 6.92 Å². The zero-order valence-electron chi connectivity index (χ0n) is 13.9. The molecular formula is C17H22N4O3. The number of aryl methyl sites for hydroxylation is 1. The second kappa shape index (κ2) is 7.35. The third kappa shape index (κ3) is 4.05. The van der Waals surface area contributed by atoms with Crippen LogP contribution in [0.15, 0.2) is 24.3 Å². The lowest BCUT2D eigenvalue weighted by Gasteiger charge is -2.15. The first-order valence-electron chi connectivity index (χ1n) is 7.94. The molecule has 0 bridgehead atoms. The van der Waals surface area contributed by atoms with Crippen molar-refractivity contribution in [3.05, 3.63) is 30.0 Å². The van der Waals surface area contributed by atoms with Crippen LogP contribution >= 0.6 is 0 Å². The number of nitrogens with two attached hydrogens (primary N) is 1. The number of nitrogen functional groups attached to an aromatic ring is 1. The van der Waals surface area contributed by atoms with Crippen molar-refractivity contribution < 1.29 is 14.2 Å². The smallest absolute Gasteiger partial charge is 0.222 e. The highest BCUT2D eigenvalue weighted by Gasteiger charge is 2.17. The third-order valence-electron chi connectivity index (χ3n) is 3.76. The van der Waals surface area contributed by atoms with Crippen LogP contribution in [0.2, 0.25) is 0 Å². The molecule has 0 saturated carbocycles. The fourth-order valence-corrected chi connectivity index (χ4v) is 2.63. The topological polar surface area (TPSA) is 91.5 Å². The number of anilines is 3. The Labute approximate surface area is 141 Å². The highest BCUT2D eigenvalue weighted by atomic mass is 16.5. The molecule has 0 radical (unpaired) electrons. The van der Waals surface area contributed by atoms with E-state index in [9.17, 15) is 0 Å². The summed E-state index contributed by atoms with van der Waals surface area (Å²) >= 11 is 0. The second-order valence-corrected chi connectivity index (χ2v) is 5.69. The normalized spacial score (nSPS) is 16.8. The van der Waals surface area contributed by atoms with Gasteiger partial charge < -0.3 is 25.3 Å². The maximum absolute atomic E-state index is 5.89. The minimum Gasteiger partial charge on any atom is -0.493 e. The first-order valence-corrected chi connectivity index (χ1v) is 7.94. The molecular weight excluding hydrogens is 308 g/mol. The number of hydrogen-bond acceptors (Lipinski definition) is 7. The van der Waals surface area contributed by atoms with Gasteiger partial charge in [-0.25, -0.2) is 4.98 Å². The zero-order chi connectivity index (χ0) is 16.9. The van der Waals surface area contributed by atoms with Crippen molar-refractivity contribution in [3.63, 3.8) is 0 Å². The third-order valence-corrected chi connectivity index (χ3v) is 3.76. The Hall–Kier alpha value is -2.54. The van der Waals surface area contributed by atoms with Gasteiger partial charge in [0.2, 0.25) is 5.95 Å². The van der Waals surface area contributed by atoms with E-state index >= 15 is 0 Å². The molecule has 0 unspecified atom stereocenters. The van der Waals surface area contributed by atoms with Gasteiger partial charge in [-0.05, 0) is 31.9 Å². The van der Waals surface area contributed by atoms with Crippen LogP contribution < -0.4 is 20.5 Å². The van der Waals surface area contributed by atoms with Gasteiger partial charge in [0.05, 0.1) is 13.2 Å².